The maximum Gasteiger partial charge on any atom is 0.234 e. The van der Waals surface area contributed by atoms with Crippen LogP contribution in [0.3, 0.4) is 0 Å². The quantitative estimate of drug-likeness (QED) is 0.805. The van der Waals surface area contributed by atoms with Crippen molar-refractivity contribution in [3.05, 3.63) is 65.7 Å². The van der Waals surface area contributed by atoms with Crippen LogP contribution in [0.15, 0.2) is 54.6 Å². The Bertz CT molecular complexity index is 723. The van der Waals surface area contributed by atoms with Crippen molar-refractivity contribution in [2.75, 3.05) is 37.7 Å². The fourth-order valence-electron chi connectivity index (χ4n) is 3.81. The van der Waals surface area contributed by atoms with Crippen molar-refractivity contribution in [1.29, 1.82) is 0 Å². The van der Waals surface area contributed by atoms with E-state index in [1.54, 1.807) is 0 Å². The van der Waals surface area contributed by atoms with Gasteiger partial charge in [-0.05, 0) is 24.6 Å². The molecule has 2 aliphatic heterocycles. The first-order valence-corrected chi connectivity index (χ1v) is 8.99. The highest BCUT2D eigenvalue weighted by Crippen LogP contribution is 2.43. The molecule has 2 heterocycles. The zero-order valence-electron chi connectivity index (χ0n) is 14.6. The van der Waals surface area contributed by atoms with Crippen LogP contribution in [-0.2, 0) is 9.53 Å². The minimum absolute atomic E-state index is 0.0156. The zero-order chi connectivity index (χ0) is 17.2. The Morgan fingerprint density at radius 3 is 2.36 bits per heavy atom. The Labute approximate surface area is 149 Å². The minimum Gasteiger partial charge on any atom is -0.379 e. The molecule has 0 spiro atoms. The van der Waals surface area contributed by atoms with E-state index >= 15 is 0 Å². The Morgan fingerprint density at radius 1 is 1.00 bits per heavy atom. The molecule has 4 heteroatoms. The highest BCUT2D eigenvalue weighted by molar-refractivity contribution is 6.03. The van der Waals surface area contributed by atoms with Gasteiger partial charge in [-0.15, -0.1) is 0 Å². The monoisotopic (exact) mass is 336 g/mol. The molecule has 130 valence electrons. The van der Waals surface area contributed by atoms with Crippen LogP contribution in [0.2, 0.25) is 0 Å². The van der Waals surface area contributed by atoms with E-state index in [1.807, 2.05) is 23.1 Å². The first kappa shape index (κ1) is 16.3. The molecular formula is C21H24N2O2. The maximum absolute atomic E-state index is 13.0. The summed E-state index contributed by atoms with van der Waals surface area (Å²) in [7, 11) is 0. The number of hydrogen-bond donors (Lipinski definition) is 0. The van der Waals surface area contributed by atoms with Crippen LogP contribution in [0.4, 0.5) is 5.69 Å². The number of morpholine rings is 1. The van der Waals surface area contributed by atoms with Crippen molar-refractivity contribution in [2.24, 2.45) is 5.92 Å². The van der Waals surface area contributed by atoms with Crippen molar-refractivity contribution in [2.45, 2.75) is 13.0 Å². The predicted octanol–water partition coefficient (Wildman–Crippen LogP) is 3.03. The van der Waals surface area contributed by atoms with Gasteiger partial charge in [0.15, 0.2) is 0 Å². The molecule has 0 saturated carbocycles. The first-order chi connectivity index (χ1) is 12.2. The molecule has 2 saturated heterocycles. The lowest BCUT2D eigenvalue weighted by molar-refractivity contribution is -0.132. The highest BCUT2D eigenvalue weighted by Gasteiger charge is 2.49. The van der Waals surface area contributed by atoms with Gasteiger partial charge in [0.1, 0.15) is 0 Å². The zero-order valence-corrected chi connectivity index (χ0v) is 14.6. The third-order valence-electron chi connectivity index (χ3n) is 5.23. The number of ether oxygens (including phenoxy) is 1. The molecule has 0 N–H and O–H groups in total. The summed E-state index contributed by atoms with van der Waals surface area (Å²) in [5.74, 6) is 0.242. The average molecular weight is 336 g/mol. The normalized spacial score (nSPS) is 24.2. The number of benzene rings is 2. The largest absolute Gasteiger partial charge is 0.379 e. The van der Waals surface area contributed by atoms with Crippen molar-refractivity contribution < 1.29 is 9.53 Å². The third kappa shape index (κ3) is 3.20. The van der Waals surface area contributed by atoms with Crippen molar-refractivity contribution in [3.63, 3.8) is 0 Å². The van der Waals surface area contributed by atoms with Crippen LogP contribution in [0.5, 0.6) is 0 Å². The van der Waals surface area contributed by atoms with Gasteiger partial charge < -0.3 is 9.64 Å². The van der Waals surface area contributed by atoms with Crippen molar-refractivity contribution >= 4 is 11.6 Å². The molecular weight excluding hydrogens is 312 g/mol. The van der Waals surface area contributed by atoms with E-state index < -0.39 is 0 Å². The second-order valence-corrected chi connectivity index (χ2v) is 6.92. The van der Waals surface area contributed by atoms with Crippen LogP contribution in [0.1, 0.15) is 17.2 Å². The summed E-state index contributed by atoms with van der Waals surface area (Å²) in [6.45, 7) is 6.23. The number of nitrogens with zero attached hydrogens (tertiary/aromatic N) is 2. The van der Waals surface area contributed by atoms with Crippen molar-refractivity contribution in [1.82, 2.24) is 4.90 Å². The summed E-state index contributed by atoms with van der Waals surface area (Å²) in [6, 6.07) is 18.7. The molecule has 2 aliphatic rings. The Balaban J connectivity index is 1.60. The molecule has 25 heavy (non-hydrogen) atoms. The van der Waals surface area contributed by atoms with Crippen LogP contribution in [0.25, 0.3) is 0 Å². The van der Waals surface area contributed by atoms with E-state index in [2.05, 4.69) is 48.2 Å². The van der Waals surface area contributed by atoms with E-state index in [1.165, 1.54) is 11.1 Å². The fraction of sp³-hybridized carbons (Fsp3) is 0.381. The molecule has 0 bridgehead atoms. The molecule has 2 unspecified atom stereocenters. The van der Waals surface area contributed by atoms with Crippen LogP contribution < -0.4 is 4.90 Å². The predicted molar refractivity (Wildman–Crippen MR) is 98.6 cm³/mol. The van der Waals surface area contributed by atoms with Gasteiger partial charge >= 0.3 is 0 Å². The second kappa shape index (κ2) is 6.98. The summed E-state index contributed by atoms with van der Waals surface area (Å²) in [4.78, 5) is 17.3. The summed E-state index contributed by atoms with van der Waals surface area (Å²) >= 11 is 0. The van der Waals surface area contributed by atoms with E-state index in [0.29, 0.717) is 0 Å². The number of aryl methyl sites for hydroxylation is 1. The summed E-state index contributed by atoms with van der Waals surface area (Å²) in [5, 5.41) is 0. The molecule has 4 nitrogen and oxygen atoms in total. The smallest absolute Gasteiger partial charge is 0.234 e. The average Bonchev–Trinajstić information content (AvgIpc) is 2.66. The maximum atomic E-state index is 13.0. The van der Waals surface area contributed by atoms with Gasteiger partial charge in [-0.2, -0.15) is 0 Å². The van der Waals surface area contributed by atoms with Gasteiger partial charge in [0.25, 0.3) is 0 Å². The van der Waals surface area contributed by atoms with Gasteiger partial charge in [-0.25, -0.2) is 0 Å². The molecule has 2 aromatic carbocycles. The van der Waals surface area contributed by atoms with Crippen LogP contribution in [-0.4, -0.2) is 43.7 Å². The van der Waals surface area contributed by atoms with Crippen LogP contribution in [0, 0.1) is 12.8 Å². The van der Waals surface area contributed by atoms with Crippen molar-refractivity contribution in [3.8, 4) is 0 Å². The number of β-lactam (4-membered cyclic amide) rings is 1. The Morgan fingerprint density at radius 2 is 1.68 bits per heavy atom. The van der Waals surface area contributed by atoms with E-state index in [4.69, 9.17) is 4.74 Å². The van der Waals surface area contributed by atoms with Gasteiger partial charge in [-0.1, -0.05) is 48.0 Å². The van der Waals surface area contributed by atoms with Gasteiger partial charge in [0.05, 0.1) is 25.2 Å². The number of amides is 1. The summed E-state index contributed by atoms with van der Waals surface area (Å²) in [6.07, 6.45) is 0. The minimum atomic E-state index is 0.0156. The lowest BCUT2D eigenvalue weighted by Gasteiger charge is -2.49. The Kier molecular flexibility index (Phi) is 4.55. The van der Waals surface area contributed by atoms with Crippen LogP contribution >= 0.6 is 0 Å². The van der Waals surface area contributed by atoms with Gasteiger partial charge in [-0.3, -0.25) is 9.69 Å². The SMILES string of the molecule is Cc1ccc(N2C(=O)C(CN3CCOCC3)C2c2ccccc2)cc1. The number of hydrogen-bond acceptors (Lipinski definition) is 3. The Hall–Kier alpha value is -2.17. The summed E-state index contributed by atoms with van der Waals surface area (Å²) < 4.78 is 5.44. The molecule has 4 rings (SSSR count). The lowest BCUT2D eigenvalue weighted by Crippen LogP contribution is -2.59. The third-order valence-corrected chi connectivity index (χ3v) is 5.23. The fourth-order valence-corrected chi connectivity index (χ4v) is 3.81. The molecule has 1 amide bonds. The molecule has 0 radical (unpaired) electrons. The number of carbonyl (C=O) groups excluding carboxylic acids is 1. The highest BCUT2D eigenvalue weighted by atomic mass is 16.5. The molecule has 0 aliphatic carbocycles. The van der Waals surface area contributed by atoms with Gasteiger partial charge in [0.2, 0.25) is 5.91 Å². The summed E-state index contributed by atoms with van der Waals surface area (Å²) in [5.41, 5.74) is 3.40. The molecule has 0 aromatic heterocycles. The topological polar surface area (TPSA) is 32.8 Å². The van der Waals surface area contributed by atoms with E-state index in [9.17, 15) is 4.79 Å². The number of anilines is 1. The van der Waals surface area contributed by atoms with E-state index in [-0.39, 0.29) is 17.9 Å². The second-order valence-electron chi connectivity index (χ2n) is 6.92. The molecule has 2 aromatic rings. The number of rotatable bonds is 4. The van der Waals surface area contributed by atoms with Gasteiger partial charge in [0, 0.05) is 25.3 Å². The molecule has 2 fully saturated rings. The number of carbonyl (C=O) groups is 1. The first-order valence-electron chi connectivity index (χ1n) is 8.99. The molecule has 2 atom stereocenters. The van der Waals surface area contributed by atoms with E-state index in [0.717, 1.165) is 38.5 Å². The lowest BCUT2D eigenvalue weighted by atomic mass is 9.81. The standard InChI is InChI=1S/C21H24N2O2/c1-16-7-9-18(10-8-16)23-20(17-5-3-2-4-6-17)19(21(23)24)15-22-11-13-25-14-12-22/h2-10,19-20H,11-15H2,1H3.